The number of benzene rings is 1. The van der Waals surface area contributed by atoms with Crippen LogP contribution >= 0.6 is 12.4 Å². The number of carbonyl (C=O) groups excluding carboxylic acids is 1. The molecule has 0 bridgehead atoms. The Hall–Kier alpha value is -1.33. The van der Waals surface area contributed by atoms with Crippen LogP contribution in [0.3, 0.4) is 0 Å². The van der Waals surface area contributed by atoms with Gasteiger partial charge in [0.15, 0.2) is 11.6 Å². The molecule has 1 rings (SSSR count). The summed E-state index contributed by atoms with van der Waals surface area (Å²) in [6, 6.07) is 6.03. The van der Waals surface area contributed by atoms with Crippen LogP contribution in [0.1, 0.15) is 27.2 Å². The number of para-hydroxylation sites is 1. The van der Waals surface area contributed by atoms with Crippen molar-refractivity contribution in [2.45, 2.75) is 39.3 Å². The molecule has 3 unspecified atom stereocenters. The molecule has 0 aromatic heterocycles. The summed E-state index contributed by atoms with van der Waals surface area (Å²) in [5, 5.41) is 2.79. The van der Waals surface area contributed by atoms with Crippen LogP contribution in [0.25, 0.3) is 0 Å². The number of carbonyl (C=O) groups is 1. The molecule has 3 atom stereocenters. The van der Waals surface area contributed by atoms with Crippen molar-refractivity contribution in [1.29, 1.82) is 0 Å². The van der Waals surface area contributed by atoms with Crippen molar-refractivity contribution in [3.63, 3.8) is 0 Å². The number of hydrogen-bond acceptors (Lipinski definition) is 3. The number of ether oxygens (including phenoxy) is 1. The first kappa shape index (κ1) is 19.7. The number of nitrogens with two attached hydrogens (primary N) is 1. The predicted molar refractivity (Wildman–Crippen MR) is 84.2 cm³/mol. The van der Waals surface area contributed by atoms with E-state index in [0.717, 1.165) is 0 Å². The minimum atomic E-state index is -0.402. The van der Waals surface area contributed by atoms with Crippen molar-refractivity contribution in [2.24, 2.45) is 11.7 Å². The molecular weight excluding hydrogens is 295 g/mol. The maximum Gasteiger partial charge on any atom is 0.224 e. The highest BCUT2D eigenvalue weighted by Crippen LogP contribution is 2.17. The summed E-state index contributed by atoms with van der Waals surface area (Å²) < 4.78 is 19.1. The Labute approximate surface area is 131 Å². The second kappa shape index (κ2) is 9.58. The molecule has 0 saturated heterocycles. The van der Waals surface area contributed by atoms with Crippen molar-refractivity contribution < 1.29 is 13.9 Å². The summed E-state index contributed by atoms with van der Waals surface area (Å²) in [7, 11) is 0. The Bertz CT molecular complexity index is 443. The van der Waals surface area contributed by atoms with Crippen LogP contribution in [0.5, 0.6) is 5.75 Å². The molecule has 0 aliphatic rings. The summed E-state index contributed by atoms with van der Waals surface area (Å²) in [6.07, 6.45) is 0.400. The fourth-order valence-electron chi connectivity index (χ4n) is 1.60. The normalized spacial score (nSPS) is 14.5. The molecule has 0 radical (unpaired) electrons. The quantitative estimate of drug-likeness (QED) is 0.812. The van der Waals surface area contributed by atoms with Crippen LogP contribution in [-0.2, 0) is 4.79 Å². The number of halogens is 2. The minimum absolute atomic E-state index is 0. The van der Waals surface area contributed by atoms with E-state index < -0.39 is 5.82 Å². The first-order valence-corrected chi connectivity index (χ1v) is 6.90. The van der Waals surface area contributed by atoms with Crippen molar-refractivity contribution in [3.8, 4) is 5.75 Å². The van der Waals surface area contributed by atoms with Crippen molar-refractivity contribution in [1.82, 2.24) is 5.32 Å². The Morgan fingerprint density at radius 3 is 2.52 bits per heavy atom. The highest BCUT2D eigenvalue weighted by atomic mass is 35.5. The molecule has 0 aliphatic carbocycles. The molecule has 1 amide bonds. The summed E-state index contributed by atoms with van der Waals surface area (Å²) in [5.74, 6) is -0.577. The lowest BCUT2D eigenvalue weighted by molar-refractivity contribution is -0.125. The number of nitrogens with one attached hydrogen (secondary N) is 1. The van der Waals surface area contributed by atoms with E-state index in [1.54, 1.807) is 32.0 Å². The third-order valence-electron chi connectivity index (χ3n) is 3.29. The molecule has 1 aromatic carbocycles. The van der Waals surface area contributed by atoms with Gasteiger partial charge < -0.3 is 15.8 Å². The van der Waals surface area contributed by atoms with E-state index in [9.17, 15) is 9.18 Å². The SMILES string of the molecule is CCC(CNC(=O)C(C)C(C)N)Oc1ccccc1F.Cl. The van der Waals surface area contributed by atoms with E-state index in [2.05, 4.69) is 5.32 Å². The van der Waals surface area contributed by atoms with Crippen molar-refractivity contribution >= 4 is 18.3 Å². The van der Waals surface area contributed by atoms with Gasteiger partial charge in [0.1, 0.15) is 6.10 Å². The molecule has 0 fully saturated rings. The lowest BCUT2D eigenvalue weighted by atomic mass is 10.0. The van der Waals surface area contributed by atoms with E-state index in [0.29, 0.717) is 13.0 Å². The third kappa shape index (κ3) is 6.31. The lowest BCUT2D eigenvalue weighted by Crippen LogP contribution is -2.42. The first-order chi connectivity index (χ1) is 9.45. The van der Waals surface area contributed by atoms with Gasteiger partial charge in [-0.1, -0.05) is 26.0 Å². The lowest BCUT2D eigenvalue weighted by Gasteiger charge is -2.21. The van der Waals surface area contributed by atoms with Crippen molar-refractivity contribution in [3.05, 3.63) is 30.1 Å². The van der Waals surface area contributed by atoms with Gasteiger partial charge in [0.2, 0.25) is 5.91 Å². The van der Waals surface area contributed by atoms with Crippen LogP contribution in [-0.4, -0.2) is 24.6 Å². The fraction of sp³-hybridized carbons (Fsp3) is 0.533. The number of hydrogen-bond donors (Lipinski definition) is 2. The van der Waals surface area contributed by atoms with Gasteiger partial charge in [-0.05, 0) is 25.5 Å². The van der Waals surface area contributed by atoms with E-state index in [4.69, 9.17) is 10.5 Å². The topological polar surface area (TPSA) is 64.4 Å². The molecule has 3 N–H and O–H groups in total. The van der Waals surface area contributed by atoms with Gasteiger partial charge in [0, 0.05) is 12.0 Å². The minimum Gasteiger partial charge on any atom is -0.486 e. The van der Waals surface area contributed by atoms with Gasteiger partial charge >= 0.3 is 0 Å². The van der Waals surface area contributed by atoms with Gasteiger partial charge in [0.25, 0.3) is 0 Å². The Balaban J connectivity index is 0.00000400. The molecule has 0 saturated carbocycles. The molecular formula is C15H24ClFN2O2. The van der Waals surface area contributed by atoms with Gasteiger partial charge in [-0.15, -0.1) is 12.4 Å². The van der Waals surface area contributed by atoms with Gasteiger partial charge in [-0.3, -0.25) is 4.79 Å². The summed E-state index contributed by atoms with van der Waals surface area (Å²) in [5.41, 5.74) is 5.68. The Kier molecular flexibility index (Phi) is 8.97. The standard InChI is InChI=1S/C15H23FN2O2.ClH/c1-4-12(9-18-15(19)10(2)11(3)17)20-14-8-6-5-7-13(14)16;/h5-8,10-12H,4,9,17H2,1-3H3,(H,18,19);1H. The summed E-state index contributed by atoms with van der Waals surface area (Å²) in [6.45, 7) is 5.82. The van der Waals surface area contributed by atoms with Gasteiger partial charge in [0.05, 0.1) is 6.54 Å². The zero-order valence-corrected chi connectivity index (χ0v) is 13.5. The highest BCUT2D eigenvalue weighted by molar-refractivity contribution is 5.85. The number of amides is 1. The van der Waals surface area contributed by atoms with Crippen LogP contribution in [0.4, 0.5) is 4.39 Å². The molecule has 120 valence electrons. The third-order valence-corrected chi connectivity index (χ3v) is 3.29. The molecule has 0 aliphatic heterocycles. The average molecular weight is 319 g/mol. The second-order valence-electron chi connectivity index (χ2n) is 4.97. The molecule has 0 spiro atoms. The zero-order chi connectivity index (χ0) is 15.1. The Morgan fingerprint density at radius 2 is 2.00 bits per heavy atom. The first-order valence-electron chi connectivity index (χ1n) is 6.90. The summed E-state index contributed by atoms with van der Waals surface area (Å²) >= 11 is 0. The maximum absolute atomic E-state index is 13.5. The highest BCUT2D eigenvalue weighted by Gasteiger charge is 2.18. The van der Waals surface area contributed by atoms with Crippen LogP contribution in [0.2, 0.25) is 0 Å². The van der Waals surface area contributed by atoms with E-state index in [1.807, 2.05) is 6.92 Å². The second-order valence-corrected chi connectivity index (χ2v) is 4.97. The molecule has 6 heteroatoms. The molecule has 0 heterocycles. The predicted octanol–water partition coefficient (Wildman–Crippen LogP) is 2.50. The van der Waals surface area contributed by atoms with Gasteiger partial charge in [-0.25, -0.2) is 4.39 Å². The van der Waals surface area contributed by atoms with E-state index in [1.165, 1.54) is 6.07 Å². The fourth-order valence-corrected chi connectivity index (χ4v) is 1.60. The smallest absolute Gasteiger partial charge is 0.224 e. The van der Waals surface area contributed by atoms with Crippen LogP contribution in [0, 0.1) is 11.7 Å². The molecule has 1 aromatic rings. The van der Waals surface area contributed by atoms with Crippen LogP contribution < -0.4 is 15.8 Å². The monoisotopic (exact) mass is 318 g/mol. The molecule has 4 nitrogen and oxygen atoms in total. The van der Waals surface area contributed by atoms with E-state index in [-0.39, 0.29) is 42.1 Å². The Morgan fingerprint density at radius 1 is 1.38 bits per heavy atom. The zero-order valence-electron chi connectivity index (χ0n) is 12.6. The molecule has 21 heavy (non-hydrogen) atoms. The largest absolute Gasteiger partial charge is 0.486 e. The average Bonchev–Trinajstić information content (AvgIpc) is 2.43. The number of rotatable bonds is 7. The summed E-state index contributed by atoms with van der Waals surface area (Å²) in [4.78, 5) is 11.8. The van der Waals surface area contributed by atoms with Gasteiger partial charge in [-0.2, -0.15) is 0 Å². The van der Waals surface area contributed by atoms with E-state index >= 15 is 0 Å². The van der Waals surface area contributed by atoms with Crippen LogP contribution in [0.15, 0.2) is 24.3 Å². The van der Waals surface area contributed by atoms with Crippen molar-refractivity contribution in [2.75, 3.05) is 6.54 Å². The maximum atomic E-state index is 13.5.